The van der Waals surface area contributed by atoms with Gasteiger partial charge in [-0.3, -0.25) is 4.79 Å². The second-order valence-corrected chi connectivity index (χ2v) is 4.71. The zero-order valence-electron chi connectivity index (χ0n) is 9.42. The predicted octanol–water partition coefficient (Wildman–Crippen LogP) is 2.82. The summed E-state index contributed by atoms with van der Waals surface area (Å²) in [4.78, 5) is 11.7. The van der Waals surface area contributed by atoms with Gasteiger partial charge in [-0.25, -0.2) is 0 Å². The molecule has 0 saturated carbocycles. The highest BCUT2D eigenvalue weighted by molar-refractivity contribution is 9.10. The van der Waals surface area contributed by atoms with E-state index < -0.39 is 0 Å². The molecule has 0 unspecified atom stereocenters. The number of carbonyl (C=O) groups excluding carboxylic acids is 1. The Labute approximate surface area is 115 Å². The van der Waals surface area contributed by atoms with Crippen molar-refractivity contribution in [1.82, 2.24) is 5.32 Å². The molecule has 5 heteroatoms. The first kappa shape index (κ1) is 14.5. The quantitative estimate of drug-likeness (QED) is 0.620. The molecule has 1 aromatic carbocycles. The minimum Gasteiger partial charge on any atom is -0.380 e. The normalized spacial score (nSPS) is 10.2. The Morgan fingerprint density at radius 3 is 2.94 bits per heavy atom. The molecule has 3 nitrogen and oxygen atoms in total. The third kappa shape index (κ3) is 6.05. The molecule has 0 aliphatic carbocycles. The fourth-order valence-electron chi connectivity index (χ4n) is 1.26. The lowest BCUT2D eigenvalue weighted by atomic mass is 10.2. The van der Waals surface area contributed by atoms with Crippen molar-refractivity contribution in [3.8, 4) is 0 Å². The summed E-state index contributed by atoms with van der Waals surface area (Å²) < 4.78 is 6.10. The van der Waals surface area contributed by atoms with Crippen molar-refractivity contribution < 1.29 is 9.53 Å². The number of nitrogens with one attached hydrogen (secondary N) is 1. The second kappa shape index (κ2) is 8.50. The van der Waals surface area contributed by atoms with E-state index in [0.29, 0.717) is 31.2 Å². The highest BCUT2D eigenvalue weighted by Crippen LogP contribution is 2.11. The monoisotopic (exact) mass is 319 g/mol. The van der Waals surface area contributed by atoms with Crippen molar-refractivity contribution in [2.24, 2.45) is 0 Å². The van der Waals surface area contributed by atoms with E-state index in [1.807, 2.05) is 12.1 Å². The van der Waals surface area contributed by atoms with E-state index in [2.05, 4.69) is 21.2 Å². The highest BCUT2D eigenvalue weighted by atomic mass is 79.9. The number of ether oxygens (including phenoxy) is 1. The third-order valence-electron chi connectivity index (χ3n) is 2.06. The van der Waals surface area contributed by atoms with Gasteiger partial charge in [-0.2, -0.15) is 0 Å². The zero-order chi connectivity index (χ0) is 12.5. The summed E-state index contributed by atoms with van der Waals surface area (Å²) in [5.74, 6) is 0.438. The van der Waals surface area contributed by atoms with E-state index in [1.54, 1.807) is 12.1 Å². The van der Waals surface area contributed by atoms with Gasteiger partial charge < -0.3 is 10.1 Å². The number of halogens is 2. The topological polar surface area (TPSA) is 38.3 Å². The van der Waals surface area contributed by atoms with Crippen molar-refractivity contribution in [2.45, 2.75) is 6.42 Å². The summed E-state index contributed by atoms with van der Waals surface area (Å²) in [5, 5.41) is 2.83. The lowest BCUT2D eigenvalue weighted by molar-refractivity contribution is 0.0944. The van der Waals surface area contributed by atoms with Crippen LogP contribution in [0.2, 0.25) is 0 Å². The number of hydrogen-bond acceptors (Lipinski definition) is 2. The first-order valence-electron chi connectivity index (χ1n) is 5.41. The lowest BCUT2D eigenvalue weighted by Crippen LogP contribution is -2.25. The maximum atomic E-state index is 11.7. The van der Waals surface area contributed by atoms with E-state index in [9.17, 15) is 4.79 Å². The summed E-state index contributed by atoms with van der Waals surface area (Å²) in [5.41, 5.74) is 0.654. The van der Waals surface area contributed by atoms with Crippen LogP contribution in [0.25, 0.3) is 0 Å². The smallest absolute Gasteiger partial charge is 0.251 e. The van der Waals surface area contributed by atoms with Crippen LogP contribution in [-0.2, 0) is 4.74 Å². The largest absolute Gasteiger partial charge is 0.380 e. The number of amides is 1. The van der Waals surface area contributed by atoms with Crippen LogP contribution in [0.1, 0.15) is 16.8 Å². The van der Waals surface area contributed by atoms with Crippen LogP contribution in [0.3, 0.4) is 0 Å². The Kier molecular flexibility index (Phi) is 7.24. The minimum atomic E-state index is -0.0661. The van der Waals surface area contributed by atoms with Gasteiger partial charge in [-0.15, -0.1) is 11.6 Å². The van der Waals surface area contributed by atoms with Gasteiger partial charge in [-0.1, -0.05) is 22.0 Å². The molecule has 0 aromatic heterocycles. The highest BCUT2D eigenvalue weighted by Gasteiger charge is 2.04. The molecule has 0 bridgehead atoms. The molecule has 0 aliphatic heterocycles. The minimum absolute atomic E-state index is 0.0661. The number of alkyl halides is 1. The van der Waals surface area contributed by atoms with Crippen molar-refractivity contribution in [2.75, 3.05) is 25.6 Å². The Bertz CT molecular complexity index is 360. The van der Waals surface area contributed by atoms with Crippen LogP contribution in [0.5, 0.6) is 0 Å². The Morgan fingerprint density at radius 2 is 2.24 bits per heavy atom. The van der Waals surface area contributed by atoms with Crippen LogP contribution < -0.4 is 5.32 Å². The van der Waals surface area contributed by atoms with Gasteiger partial charge in [0.05, 0.1) is 6.61 Å². The molecular formula is C12H15BrClNO2. The maximum absolute atomic E-state index is 11.7. The molecule has 0 fully saturated rings. The molecule has 0 saturated heterocycles. The van der Waals surface area contributed by atoms with Crippen LogP contribution in [0.4, 0.5) is 0 Å². The van der Waals surface area contributed by atoms with Crippen LogP contribution in [0, 0.1) is 0 Å². The summed E-state index contributed by atoms with van der Waals surface area (Å²) >= 11 is 8.79. The fourth-order valence-corrected chi connectivity index (χ4v) is 1.77. The van der Waals surface area contributed by atoms with E-state index >= 15 is 0 Å². The molecular weight excluding hydrogens is 305 g/mol. The van der Waals surface area contributed by atoms with Crippen LogP contribution >= 0.6 is 27.5 Å². The summed E-state index contributed by atoms with van der Waals surface area (Å²) in [7, 11) is 0. The van der Waals surface area contributed by atoms with Crippen molar-refractivity contribution in [3.05, 3.63) is 34.3 Å². The van der Waals surface area contributed by atoms with Crippen LogP contribution in [0.15, 0.2) is 28.7 Å². The molecule has 94 valence electrons. The van der Waals surface area contributed by atoms with E-state index in [-0.39, 0.29) is 5.91 Å². The Balaban J connectivity index is 2.21. The molecule has 1 rings (SSSR count). The van der Waals surface area contributed by atoms with Crippen molar-refractivity contribution >= 4 is 33.4 Å². The maximum Gasteiger partial charge on any atom is 0.251 e. The molecule has 0 heterocycles. The summed E-state index contributed by atoms with van der Waals surface area (Å²) in [6, 6.07) is 7.29. The summed E-state index contributed by atoms with van der Waals surface area (Å²) in [6.45, 7) is 1.78. The van der Waals surface area contributed by atoms with Gasteiger partial charge in [0.1, 0.15) is 0 Å². The van der Waals surface area contributed by atoms with E-state index in [0.717, 1.165) is 10.9 Å². The predicted molar refractivity (Wildman–Crippen MR) is 72.6 cm³/mol. The summed E-state index contributed by atoms with van der Waals surface area (Å²) in [6.07, 6.45) is 0.788. The molecule has 0 radical (unpaired) electrons. The second-order valence-electron chi connectivity index (χ2n) is 3.42. The lowest BCUT2D eigenvalue weighted by Gasteiger charge is -2.05. The SMILES string of the molecule is O=C(NCCCOCCCl)c1cccc(Br)c1. The number of hydrogen-bond donors (Lipinski definition) is 1. The van der Waals surface area contributed by atoms with Gasteiger partial charge in [0, 0.05) is 29.1 Å². The van der Waals surface area contributed by atoms with Gasteiger partial charge in [0.2, 0.25) is 0 Å². The first-order chi connectivity index (χ1) is 8.24. The standard InChI is InChI=1S/C12H15BrClNO2/c13-11-4-1-3-10(9-11)12(16)15-6-2-7-17-8-5-14/h1,3-4,9H,2,5-8H2,(H,15,16). The zero-order valence-corrected chi connectivity index (χ0v) is 11.8. The number of benzene rings is 1. The average Bonchev–Trinajstić information content (AvgIpc) is 2.33. The number of carbonyl (C=O) groups is 1. The molecule has 1 aromatic rings. The molecule has 0 atom stereocenters. The van der Waals surface area contributed by atoms with E-state index in [4.69, 9.17) is 16.3 Å². The molecule has 0 spiro atoms. The van der Waals surface area contributed by atoms with Gasteiger partial charge in [0.15, 0.2) is 0 Å². The first-order valence-corrected chi connectivity index (χ1v) is 6.74. The Hall–Kier alpha value is -0.580. The molecule has 1 amide bonds. The molecule has 1 N–H and O–H groups in total. The fraction of sp³-hybridized carbons (Fsp3) is 0.417. The molecule has 17 heavy (non-hydrogen) atoms. The molecule has 0 aliphatic rings. The van der Waals surface area contributed by atoms with Crippen LogP contribution in [-0.4, -0.2) is 31.5 Å². The van der Waals surface area contributed by atoms with Crippen molar-refractivity contribution in [1.29, 1.82) is 0 Å². The van der Waals surface area contributed by atoms with Crippen molar-refractivity contribution in [3.63, 3.8) is 0 Å². The van der Waals surface area contributed by atoms with E-state index in [1.165, 1.54) is 0 Å². The Morgan fingerprint density at radius 1 is 1.41 bits per heavy atom. The third-order valence-corrected chi connectivity index (χ3v) is 2.71. The number of rotatable bonds is 7. The van der Waals surface area contributed by atoms with Gasteiger partial charge in [-0.05, 0) is 24.6 Å². The average molecular weight is 321 g/mol. The van der Waals surface area contributed by atoms with Gasteiger partial charge in [0.25, 0.3) is 5.91 Å². The van der Waals surface area contributed by atoms with Gasteiger partial charge >= 0.3 is 0 Å².